The van der Waals surface area contributed by atoms with Crippen LogP contribution >= 0.6 is 27.5 Å². The van der Waals surface area contributed by atoms with Crippen molar-refractivity contribution in [3.63, 3.8) is 0 Å². The molecule has 0 saturated heterocycles. The Hall–Kier alpha value is -2.97. The molecule has 9 heteroatoms. The van der Waals surface area contributed by atoms with Crippen LogP contribution in [0.5, 0.6) is 0 Å². The summed E-state index contributed by atoms with van der Waals surface area (Å²) in [7, 11) is 0. The van der Waals surface area contributed by atoms with Crippen LogP contribution in [0.15, 0.2) is 70.2 Å². The Bertz CT molecular complexity index is 1230. The molecule has 1 N–H and O–H groups in total. The Kier molecular flexibility index (Phi) is 5.46. The van der Waals surface area contributed by atoms with E-state index in [2.05, 4.69) is 31.4 Å². The highest BCUT2D eigenvalue weighted by Gasteiger charge is 2.12. The summed E-state index contributed by atoms with van der Waals surface area (Å²) in [5, 5.41) is 11.8. The van der Waals surface area contributed by atoms with Crippen LogP contribution in [0.1, 0.15) is 5.56 Å². The van der Waals surface area contributed by atoms with Gasteiger partial charge >= 0.3 is 0 Å². The molecular weight excluding hydrogens is 458 g/mol. The number of carbonyl (C=O) groups is 1. The SMILES string of the molecule is O=C(Cn1ncn2nc(-c3ccc(Br)cc3)cc2c1=O)NCc1ccc(Cl)cc1. The van der Waals surface area contributed by atoms with E-state index >= 15 is 0 Å². The topological polar surface area (TPSA) is 81.3 Å². The van der Waals surface area contributed by atoms with Gasteiger partial charge in [0, 0.05) is 21.6 Å². The predicted octanol–water partition coefficient (Wildman–Crippen LogP) is 3.29. The van der Waals surface area contributed by atoms with Crippen molar-refractivity contribution in [1.29, 1.82) is 0 Å². The maximum Gasteiger partial charge on any atom is 0.293 e. The van der Waals surface area contributed by atoms with E-state index in [1.807, 2.05) is 36.4 Å². The zero-order valence-electron chi connectivity index (χ0n) is 15.0. The first-order valence-corrected chi connectivity index (χ1v) is 9.89. The summed E-state index contributed by atoms with van der Waals surface area (Å²) in [6, 6.07) is 16.5. The average Bonchev–Trinajstić information content (AvgIpc) is 3.15. The third-order valence-electron chi connectivity index (χ3n) is 4.33. The zero-order valence-corrected chi connectivity index (χ0v) is 17.4. The molecule has 0 aliphatic heterocycles. The lowest BCUT2D eigenvalue weighted by molar-refractivity contribution is -0.122. The fourth-order valence-corrected chi connectivity index (χ4v) is 3.20. The average molecular weight is 473 g/mol. The van der Waals surface area contributed by atoms with E-state index < -0.39 is 0 Å². The highest BCUT2D eigenvalue weighted by atomic mass is 79.9. The molecule has 0 unspecified atom stereocenters. The van der Waals surface area contributed by atoms with Gasteiger partial charge in [0.2, 0.25) is 5.91 Å². The second-order valence-corrected chi connectivity index (χ2v) is 7.72. The van der Waals surface area contributed by atoms with Crippen molar-refractivity contribution in [2.75, 3.05) is 0 Å². The number of benzene rings is 2. The van der Waals surface area contributed by atoms with E-state index in [1.54, 1.807) is 18.2 Å². The van der Waals surface area contributed by atoms with Gasteiger partial charge in [0.25, 0.3) is 5.56 Å². The van der Waals surface area contributed by atoms with Crippen molar-refractivity contribution in [3.8, 4) is 11.3 Å². The molecule has 0 aliphatic carbocycles. The van der Waals surface area contributed by atoms with Crippen molar-refractivity contribution in [3.05, 3.63) is 86.3 Å². The number of nitrogens with one attached hydrogen (secondary N) is 1. The van der Waals surface area contributed by atoms with E-state index in [0.717, 1.165) is 20.3 Å². The van der Waals surface area contributed by atoms with Crippen molar-refractivity contribution in [2.45, 2.75) is 13.1 Å². The standard InChI is InChI=1S/C20H15BrClN5O2/c21-15-5-3-14(4-6-15)17-9-18-20(29)26(24-12-27(18)25-17)11-19(28)23-10-13-1-7-16(22)8-2-13/h1-9,12H,10-11H2,(H,23,28). The Morgan fingerprint density at radius 3 is 2.55 bits per heavy atom. The number of aromatic nitrogens is 4. The van der Waals surface area contributed by atoms with E-state index in [9.17, 15) is 9.59 Å². The van der Waals surface area contributed by atoms with Gasteiger partial charge in [-0.1, -0.05) is 51.8 Å². The quantitative estimate of drug-likeness (QED) is 0.483. The summed E-state index contributed by atoms with van der Waals surface area (Å²) in [6.45, 7) is 0.162. The first-order valence-electron chi connectivity index (χ1n) is 8.72. The van der Waals surface area contributed by atoms with Gasteiger partial charge in [0.05, 0.1) is 5.69 Å². The van der Waals surface area contributed by atoms with Crippen LogP contribution in [-0.4, -0.2) is 25.3 Å². The molecule has 0 atom stereocenters. The molecule has 0 radical (unpaired) electrons. The van der Waals surface area contributed by atoms with Crippen molar-refractivity contribution in [1.82, 2.24) is 24.7 Å². The molecule has 2 aromatic heterocycles. The lowest BCUT2D eigenvalue weighted by Gasteiger charge is -2.07. The summed E-state index contributed by atoms with van der Waals surface area (Å²) < 4.78 is 3.50. The third kappa shape index (κ3) is 4.38. The lowest BCUT2D eigenvalue weighted by Crippen LogP contribution is -2.34. The van der Waals surface area contributed by atoms with Crippen molar-refractivity contribution >= 4 is 39.0 Å². The second-order valence-electron chi connectivity index (χ2n) is 6.36. The molecule has 7 nitrogen and oxygen atoms in total. The molecule has 0 aliphatic rings. The van der Waals surface area contributed by atoms with E-state index in [-0.39, 0.29) is 18.0 Å². The van der Waals surface area contributed by atoms with Gasteiger partial charge in [0.1, 0.15) is 18.4 Å². The third-order valence-corrected chi connectivity index (χ3v) is 5.11. The minimum absolute atomic E-state index is 0.179. The Morgan fingerprint density at radius 1 is 1.10 bits per heavy atom. The smallest absolute Gasteiger partial charge is 0.293 e. The maximum atomic E-state index is 12.7. The van der Waals surface area contributed by atoms with Crippen LogP contribution in [0.4, 0.5) is 0 Å². The Balaban J connectivity index is 1.51. The number of carbonyl (C=O) groups excluding carboxylic acids is 1. The second kappa shape index (κ2) is 8.18. The van der Waals surface area contributed by atoms with Gasteiger partial charge in [0.15, 0.2) is 0 Å². The van der Waals surface area contributed by atoms with Crippen LogP contribution in [0.25, 0.3) is 16.8 Å². The molecule has 4 aromatic rings. The molecular formula is C20H15BrClN5O2. The van der Waals surface area contributed by atoms with Gasteiger partial charge < -0.3 is 5.32 Å². The van der Waals surface area contributed by atoms with Crippen LogP contribution in [0, 0.1) is 0 Å². The number of rotatable bonds is 5. The zero-order chi connectivity index (χ0) is 20.4. The van der Waals surface area contributed by atoms with Crippen LogP contribution in [0.3, 0.4) is 0 Å². The molecule has 2 aromatic carbocycles. The molecule has 0 bridgehead atoms. The fraction of sp³-hybridized carbons (Fsp3) is 0.100. The molecule has 0 spiro atoms. The summed E-state index contributed by atoms with van der Waals surface area (Å²) in [4.78, 5) is 24.9. The minimum atomic E-state index is -0.384. The first kappa shape index (κ1) is 19.4. The fourth-order valence-electron chi connectivity index (χ4n) is 2.81. The predicted molar refractivity (Wildman–Crippen MR) is 114 cm³/mol. The maximum absolute atomic E-state index is 12.7. The van der Waals surface area contributed by atoms with E-state index in [4.69, 9.17) is 11.6 Å². The van der Waals surface area contributed by atoms with Crippen molar-refractivity contribution < 1.29 is 4.79 Å². The molecule has 0 fully saturated rings. The molecule has 2 heterocycles. The van der Waals surface area contributed by atoms with Crippen LogP contribution < -0.4 is 10.9 Å². The number of fused-ring (bicyclic) bond motifs is 1. The highest BCUT2D eigenvalue weighted by Crippen LogP contribution is 2.20. The van der Waals surface area contributed by atoms with Gasteiger partial charge in [-0.05, 0) is 35.9 Å². The lowest BCUT2D eigenvalue weighted by atomic mass is 10.1. The number of hydrogen-bond donors (Lipinski definition) is 1. The Morgan fingerprint density at radius 2 is 1.83 bits per heavy atom. The monoisotopic (exact) mass is 471 g/mol. The van der Waals surface area contributed by atoms with Gasteiger partial charge in [-0.15, -0.1) is 0 Å². The molecule has 4 rings (SSSR count). The van der Waals surface area contributed by atoms with Crippen LogP contribution in [-0.2, 0) is 17.9 Å². The first-order chi connectivity index (χ1) is 14.0. The van der Waals surface area contributed by atoms with E-state index in [0.29, 0.717) is 22.8 Å². The van der Waals surface area contributed by atoms with Gasteiger partial charge in [-0.2, -0.15) is 10.2 Å². The van der Waals surface area contributed by atoms with Gasteiger partial charge in [-0.3, -0.25) is 9.59 Å². The molecule has 146 valence electrons. The number of halogens is 2. The Labute approximate surface area is 179 Å². The summed E-state index contributed by atoms with van der Waals surface area (Å²) >= 11 is 9.25. The normalized spacial score (nSPS) is 11.0. The summed E-state index contributed by atoms with van der Waals surface area (Å²) in [5.74, 6) is -0.313. The molecule has 29 heavy (non-hydrogen) atoms. The van der Waals surface area contributed by atoms with E-state index in [1.165, 1.54) is 10.8 Å². The van der Waals surface area contributed by atoms with Crippen molar-refractivity contribution in [2.24, 2.45) is 0 Å². The number of hydrogen-bond acceptors (Lipinski definition) is 4. The highest BCUT2D eigenvalue weighted by molar-refractivity contribution is 9.10. The molecule has 0 saturated carbocycles. The number of nitrogens with zero attached hydrogens (tertiary/aromatic N) is 4. The largest absolute Gasteiger partial charge is 0.350 e. The summed E-state index contributed by atoms with van der Waals surface area (Å²) in [5.41, 5.74) is 2.41. The summed E-state index contributed by atoms with van der Waals surface area (Å²) in [6.07, 6.45) is 1.42. The minimum Gasteiger partial charge on any atom is -0.350 e. The number of amides is 1. The molecule has 1 amide bonds. The van der Waals surface area contributed by atoms with Gasteiger partial charge in [-0.25, -0.2) is 9.20 Å². The van der Waals surface area contributed by atoms with Crippen LogP contribution in [0.2, 0.25) is 5.02 Å².